The molecule has 2 aliphatic heterocycles. The predicted molar refractivity (Wildman–Crippen MR) is 63.0 cm³/mol. The van der Waals surface area contributed by atoms with Crippen LogP contribution in [0.2, 0.25) is 0 Å². The number of methoxy groups -OCH3 is 1. The van der Waals surface area contributed by atoms with E-state index in [2.05, 4.69) is 10.1 Å². The highest BCUT2D eigenvalue weighted by atomic mass is 16.7. The number of carbonyl (C=O) groups is 1. The van der Waals surface area contributed by atoms with Crippen LogP contribution in [0.1, 0.15) is 19.3 Å². The summed E-state index contributed by atoms with van der Waals surface area (Å²) in [6.45, 7) is 3.09. The van der Waals surface area contributed by atoms with Crippen LogP contribution in [-0.2, 0) is 19.1 Å². The Morgan fingerprint density at radius 2 is 2.28 bits per heavy atom. The van der Waals surface area contributed by atoms with Gasteiger partial charge in [-0.05, 0) is 12.8 Å². The fourth-order valence-electron chi connectivity index (χ4n) is 3.27. The zero-order valence-corrected chi connectivity index (χ0v) is 10.6. The SMILES string of the molecule is COC(=O)C1=NO[C@@]2(N3CCOCC3)CCC[C@@H]12. The van der Waals surface area contributed by atoms with Crippen LogP contribution < -0.4 is 0 Å². The van der Waals surface area contributed by atoms with Crippen LogP contribution in [0.4, 0.5) is 0 Å². The molecule has 100 valence electrons. The lowest BCUT2D eigenvalue weighted by molar-refractivity contribution is -0.173. The van der Waals surface area contributed by atoms with Gasteiger partial charge in [-0.15, -0.1) is 0 Å². The van der Waals surface area contributed by atoms with E-state index in [-0.39, 0.29) is 11.9 Å². The van der Waals surface area contributed by atoms with Crippen LogP contribution in [0.15, 0.2) is 5.16 Å². The molecule has 0 amide bonds. The lowest BCUT2D eigenvalue weighted by Crippen LogP contribution is -2.56. The van der Waals surface area contributed by atoms with E-state index in [0.29, 0.717) is 18.9 Å². The van der Waals surface area contributed by atoms with Crippen molar-refractivity contribution in [2.24, 2.45) is 11.1 Å². The molecule has 0 aromatic rings. The van der Waals surface area contributed by atoms with Gasteiger partial charge >= 0.3 is 5.97 Å². The van der Waals surface area contributed by atoms with Crippen molar-refractivity contribution in [3.8, 4) is 0 Å². The average Bonchev–Trinajstić information content (AvgIpc) is 2.98. The maximum atomic E-state index is 11.7. The smallest absolute Gasteiger partial charge is 0.356 e. The van der Waals surface area contributed by atoms with Gasteiger partial charge in [0.1, 0.15) is 0 Å². The third-order valence-corrected chi connectivity index (χ3v) is 4.15. The number of rotatable bonds is 2. The minimum absolute atomic E-state index is 0.0445. The summed E-state index contributed by atoms with van der Waals surface area (Å²) >= 11 is 0. The second kappa shape index (κ2) is 4.51. The van der Waals surface area contributed by atoms with Gasteiger partial charge in [-0.2, -0.15) is 0 Å². The molecule has 2 heterocycles. The van der Waals surface area contributed by atoms with E-state index < -0.39 is 5.72 Å². The summed E-state index contributed by atoms with van der Waals surface area (Å²) < 4.78 is 10.2. The molecule has 1 aliphatic carbocycles. The maximum Gasteiger partial charge on any atom is 0.356 e. The van der Waals surface area contributed by atoms with Gasteiger partial charge in [-0.25, -0.2) is 4.79 Å². The summed E-state index contributed by atoms with van der Waals surface area (Å²) in [5.41, 5.74) is 0.0225. The van der Waals surface area contributed by atoms with Gasteiger partial charge in [-0.3, -0.25) is 4.90 Å². The molecule has 3 rings (SSSR count). The predicted octanol–water partition coefficient (Wildman–Crippen LogP) is 0.374. The quantitative estimate of drug-likeness (QED) is 0.666. The number of fused-ring (bicyclic) bond motifs is 1. The van der Waals surface area contributed by atoms with E-state index in [1.165, 1.54) is 7.11 Å². The highest BCUT2D eigenvalue weighted by Crippen LogP contribution is 2.46. The third-order valence-electron chi connectivity index (χ3n) is 4.15. The highest BCUT2D eigenvalue weighted by molar-refractivity contribution is 6.37. The summed E-state index contributed by atoms with van der Waals surface area (Å²) in [6, 6.07) is 0. The number of esters is 1. The van der Waals surface area contributed by atoms with Gasteiger partial charge in [0.25, 0.3) is 0 Å². The Morgan fingerprint density at radius 3 is 3.00 bits per heavy atom. The molecule has 0 N–H and O–H groups in total. The highest BCUT2D eigenvalue weighted by Gasteiger charge is 2.57. The third kappa shape index (κ3) is 1.63. The average molecular weight is 254 g/mol. The zero-order valence-electron chi connectivity index (χ0n) is 10.6. The Kier molecular flexibility index (Phi) is 2.99. The lowest BCUT2D eigenvalue weighted by atomic mass is 9.93. The van der Waals surface area contributed by atoms with E-state index in [9.17, 15) is 4.79 Å². The molecule has 0 radical (unpaired) electrons. The van der Waals surface area contributed by atoms with Crippen molar-refractivity contribution in [3.63, 3.8) is 0 Å². The molecule has 0 aromatic heterocycles. The first-order valence-electron chi connectivity index (χ1n) is 6.45. The molecule has 6 heteroatoms. The normalized spacial score (nSPS) is 35.8. The van der Waals surface area contributed by atoms with E-state index in [0.717, 1.165) is 32.4 Å². The fourth-order valence-corrected chi connectivity index (χ4v) is 3.27. The Morgan fingerprint density at radius 1 is 1.50 bits per heavy atom. The van der Waals surface area contributed by atoms with Crippen LogP contribution in [0.3, 0.4) is 0 Å². The molecule has 6 nitrogen and oxygen atoms in total. The Labute approximate surface area is 106 Å². The molecule has 0 spiro atoms. The van der Waals surface area contributed by atoms with E-state index in [1.54, 1.807) is 0 Å². The Hall–Kier alpha value is -1.14. The van der Waals surface area contributed by atoms with Crippen molar-refractivity contribution < 1.29 is 19.1 Å². The zero-order chi connectivity index (χ0) is 12.6. The summed E-state index contributed by atoms with van der Waals surface area (Å²) in [6.07, 6.45) is 2.91. The molecule has 1 saturated heterocycles. The number of hydrogen-bond donors (Lipinski definition) is 0. The maximum absolute atomic E-state index is 11.7. The van der Waals surface area contributed by atoms with Gasteiger partial charge in [0, 0.05) is 19.5 Å². The lowest BCUT2D eigenvalue weighted by Gasteiger charge is -2.40. The summed E-state index contributed by atoms with van der Waals surface area (Å²) in [7, 11) is 1.38. The van der Waals surface area contributed by atoms with Crippen LogP contribution >= 0.6 is 0 Å². The number of nitrogens with zero attached hydrogens (tertiary/aromatic N) is 2. The van der Waals surface area contributed by atoms with Crippen molar-refractivity contribution in [2.75, 3.05) is 33.4 Å². The summed E-state index contributed by atoms with van der Waals surface area (Å²) in [5.74, 6) is -0.319. The largest absolute Gasteiger partial charge is 0.464 e. The van der Waals surface area contributed by atoms with Gasteiger partial charge in [0.15, 0.2) is 11.4 Å². The van der Waals surface area contributed by atoms with Crippen molar-refractivity contribution >= 4 is 11.7 Å². The number of morpholine rings is 1. The van der Waals surface area contributed by atoms with Crippen LogP contribution in [-0.4, -0.2) is 55.7 Å². The number of hydrogen-bond acceptors (Lipinski definition) is 6. The van der Waals surface area contributed by atoms with Crippen molar-refractivity contribution in [3.05, 3.63) is 0 Å². The van der Waals surface area contributed by atoms with Crippen LogP contribution in [0.5, 0.6) is 0 Å². The minimum Gasteiger partial charge on any atom is -0.464 e. The number of oxime groups is 1. The molecule has 18 heavy (non-hydrogen) atoms. The Balaban J connectivity index is 1.82. The second-order valence-corrected chi connectivity index (χ2v) is 4.95. The molecular formula is C12H18N2O4. The summed E-state index contributed by atoms with van der Waals surface area (Å²) in [5, 5.41) is 4.00. The molecule has 0 unspecified atom stereocenters. The van der Waals surface area contributed by atoms with E-state index in [4.69, 9.17) is 14.3 Å². The van der Waals surface area contributed by atoms with E-state index >= 15 is 0 Å². The summed E-state index contributed by atoms with van der Waals surface area (Å²) in [4.78, 5) is 19.7. The molecule has 0 aromatic carbocycles. The molecule has 0 bridgehead atoms. The van der Waals surface area contributed by atoms with Crippen molar-refractivity contribution in [2.45, 2.75) is 25.0 Å². The molecule has 2 atom stereocenters. The second-order valence-electron chi connectivity index (χ2n) is 4.95. The molecule has 2 fully saturated rings. The first-order chi connectivity index (χ1) is 8.78. The van der Waals surface area contributed by atoms with Crippen LogP contribution in [0.25, 0.3) is 0 Å². The molecule has 1 saturated carbocycles. The van der Waals surface area contributed by atoms with Gasteiger partial charge in [0.2, 0.25) is 0 Å². The fraction of sp³-hybridized carbons (Fsp3) is 0.833. The number of carbonyl (C=O) groups excluding carboxylic acids is 1. The topological polar surface area (TPSA) is 60.4 Å². The Bertz CT molecular complexity index is 378. The van der Waals surface area contributed by atoms with Gasteiger partial charge in [0.05, 0.1) is 26.2 Å². The number of ether oxygens (including phenoxy) is 2. The first-order valence-corrected chi connectivity index (χ1v) is 6.45. The van der Waals surface area contributed by atoms with Gasteiger partial charge in [-0.1, -0.05) is 5.16 Å². The molecular weight excluding hydrogens is 236 g/mol. The van der Waals surface area contributed by atoms with Gasteiger partial charge < -0.3 is 14.3 Å². The minimum atomic E-state index is -0.423. The first kappa shape index (κ1) is 11.9. The monoisotopic (exact) mass is 254 g/mol. The standard InChI is InChI=1S/C12H18N2O4/c1-16-11(15)10-9-3-2-4-12(9,18-13-10)14-5-7-17-8-6-14/h9H,2-8H2,1H3/t9-,12-/m0/s1. The molecule has 3 aliphatic rings. The van der Waals surface area contributed by atoms with Crippen molar-refractivity contribution in [1.82, 2.24) is 4.90 Å². The van der Waals surface area contributed by atoms with Crippen molar-refractivity contribution in [1.29, 1.82) is 0 Å². The van der Waals surface area contributed by atoms with E-state index in [1.807, 2.05) is 0 Å². The van der Waals surface area contributed by atoms with Crippen LogP contribution in [0, 0.1) is 5.92 Å².